The minimum atomic E-state index is -0.965. The van der Waals surface area contributed by atoms with Gasteiger partial charge in [0.15, 0.2) is 0 Å². The molecule has 0 amide bonds. The summed E-state index contributed by atoms with van der Waals surface area (Å²) in [5.41, 5.74) is 0.395. The smallest absolute Gasteiger partial charge is 0.307 e. The number of carboxylic acids is 1. The van der Waals surface area contributed by atoms with Gasteiger partial charge in [0.2, 0.25) is 0 Å². The van der Waals surface area contributed by atoms with Crippen LogP contribution in [0.4, 0.5) is 0 Å². The molecule has 0 bridgehead atoms. The highest BCUT2D eigenvalue weighted by molar-refractivity contribution is 5.71. The number of hydrogen-bond donors (Lipinski definition) is 2. The van der Waals surface area contributed by atoms with Crippen molar-refractivity contribution >= 4 is 5.97 Å². The third kappa shape index (κ3) is 3.50. The summed E-state index contributed by atoms with van der Waals surface area (Å²) in [6, 6.07) is 4.66. The van der Waals surface area contributed by atoms with Gasteiger partial charge < -0.3 is 14.9 Å². The monoisotopic (exact) mass is 210 g/mol. The first-order chi connectivity index (χ1) is 7.13. The predicted molar refractivity (Wildman–Crippen MR) is 55.2 cm³/mol. The van der Waals surface area contributed by atoms with Gasteiger partial charge in [-0.15, -0.1) is 0 Å². The number of aliphatic carboxylic acids is 1. The first-order valence-corrected chi connectivity index (χ1v) is 4.80. The molecule has 15 heavy (non-hydrogen) atoms. The van der Waals surface area contributed by atoms with Crippen molar-refractivity contribution in [2.75, 3.05) is 6.61 Å². The first-order valence-electron chi connectivity index (χ1n) is 4.80. The first kappa shape index (κ1) is 11.4. The van der Waals surface area contributed by atoms with Crippen LogP contribution in [-0.4, -0.2) is 22.8 Å². The summed E-state index contributed by atoms with van der Waals surface area (Å²) in [6.07, 6.45) is 0.706. The van der Waals surface area contributed by atoms with Crippen LogP contribution in [0, 0.1) is 0 Å². The van der Waals surface area contributed by atoms with E-state index < -0.39 is 5.97 Å². The number of rotatable bonds is 5. The van der Waals surface area contributed by atoms with Gasteiger partial charge in [-0.1, -0.05) is 13.0 Å². The van der Waals surface area contributed by atoms with Gasteiger partial charge in [0.25, 0.3) is 0 Å². The third-order valence-electron chi connectivity index (χ3n) is 1.87. The van der Waals surface area contributed by atoms with E-state index in [1.165, 1.54) is 6.07 Å². The van der Waals surface area contributed by atoms with E-state index in [0.29, 0.717) is 17.9 Å². The van der Waals surface area contributed by atoms with Crippen molar-refractivity contribution in [1.29, 1.82) is 0 Å². The molecule has 0 heterocycles. The van der Waals surface area contributed by atoms with Crippen LogP contribution >= 0.6 is 0 Å². The SMILES string of the molecule is CCCOc1ccc(CC(=O)O)c(O)c1. The van der Waals surface area contributed by atoms with E-state index in [9.17, 15) is 9.90 Å². The topological polar surface area (TPSA) is 66.8 Å². The van der Waals surface area contributed by atoms with Crippen LogP contribution < -0.4 is 4.74 Å². The van der Waals surface area contributed by atoms with Crippen LogP contribution in [0.2, 0.25) is 0 Å². The lowest BCUT2D eigenvalue weighted by molar-refractivity contribution is -0.136. The van der Waals surface area contributed by atoms with Gasteiger partial charge in [0.1, 0.15) is 11.5 Å². The molecule has 2 N–H and O–H groups in total. The number of benzene rings is 1. The van der Waals surface area contributed by atoms with E-state index in [2.05, 4.69) is 0 Å². The van der Waals surface area contributed by atoms with Crippen molar-refractivity contribution in [3.63, 3.8) is 0 Å². The fourth-order valence-corrected chi connectivity index (χ4v) is 1.17. The van der Waals surface area contributed by atoms with Crippen LogP contribution in [0.25, 0.3) is 0 Å². The van der Waals surface area contributed by atoms with Crippen molar-refractivity contribution in [3.05, 3.63) is 23.8 Å². The Bertz CT molecular complexity index is 346. The van der Waals surface area contributed by atoms with Gasteiger partial charge in [-0.05, 0) is 12.5 Å². The van der Waals surface area contributed by atoms with Crippen LogP contribution in [0.5, 0.6) is 11.5 Å². The lowest BCUT2D eigenvalue weighted by atomic mass is 10.1. The molecule has 0 atom stereocenters. The van der Waals surface area contributed by atoms with Crippen LogP contribution in [0.15, 0.2) is 18.2 Å². The number of phenols is 1. The maximum Gasteiger partial charge on any atom is 0.307 e. The summed E-state index contributed by atoms with van der Waals surface area (Å²) in [7, 11) is 0. The highest BCUT2D eigenvalue weighted by Gasteiger charge is 2.07. The molecule has 0 unspecified atom stereocenters. The lowest BCUT2D eigenvalue weighted by Crippen LogP contribution is -2.01. The standard InChI is InChI=1S/C11H14O4/c1-2-5-15-9-4-3-8(6-11(13)14)10(12)7-9/h3-4,7,12H,2,5-6H2,1H3,(H,13,14). The molecule has 0 saturated heterocycles. The van der Waals surface area contributed by atoms with E-state index in [0.717, 1.165) is 6.42 Å². The minimum Gasteiger partial charge on any atom is -0.508 e. The summed E-state index contributed by atoms with van der Waals surface area (Å²) in [5.74, 6) is -0.443. The van der Waals surface area contributed by atoms with Crippen molar-refractivity contribution in [3.8, 4) is 11.5 Å². The van der Waals surface area contributed by atoms with E-state index in [-0.39, 0.29) is 12.2 Å². The second-order valence-electron chi connectivity index (χ2n) is 3.21. The minimum absolute atomic E-state index is 0.0361. The number of aromatic hydroxyl groups is 1. The zero-order valence-electron chi connectivity index (χ0n) is 8.56. The number of hydrogen-bond acceptors (Lipinski definition) is 3. The zero-order valence-corrected chi connectivity index (χ0v) is 8.56. The summed E-state index contributed by atoms with van der Waals surface area (Å²) >= 11 is 0. The summed E-state index contributed by atoms with van der Waals surface area (Å²) in [6.45, 7) is 2.57. The highest BCUT2D eigenvalue weighted by Crippen LogP contribution is 2.24. The van der Waals surface area contributed by atoms with Crippen molar-refractivity contribution in [1.82, 2.24) is 0 Å². The zero-order chi connectivity index (χ0) is 11.3. The van der Waals surface area contributed by atoms with Crippen molar-refractivity contribution in [2.45, 2.75) is 19.8 Å². The van der Waals surface area contributed by atoms with Gasteiger partial charge in [-0.25, -0.2) is 0 Å². The Kier molecular flexibility index (Phi) is 3.97. The second-order valence-corrected chi connectivity index (χ2v) is 3.21. The molecule has 0 aliphatic rings. The molecule has 0 radical (unpaired) electrons. The molecule has 0 aliphatic carbocycles. The molecule has 0 aromatic heterocycles. The normalized spacial score (nSPS) is 9.93. The Morgan fingerprint density at radius 1 is 1.47 bits per heavy atom. The molecule has 0 saturated carbocycles. The fourth-order valence-electron chi connectivity index (χ4n) is 1.17. The van der Waals surface area contributed by atoms with Crippen LogP contribution in [0.3, 0.4) is 0 Å². The molecule has 82 valence electrons. The van der Waals surface area contributed by atoms with Crippen molar-refractivity contribution in [2.24, 2.45) is 0 Å². The van der Waals surface area contributed by atoms with E-state index in [1.54, 1.807) is 12.1 Å². The molecule has 1 aromatic carbocycles. The number of carbonyl (C=O) groups is 1. The maximum atomic E-state index is 10.4. The Labute approximate surface area is 88.1 Å². The summed E-state index contributed by atoms with van der Waals surface area (Å²) in [4.78, 5) is 10.4. The number of phenolic OH excluding ortho intramolecular Hbond substituents is 1. The largest absolute Gasteiger partial charge is 0.508 e. The molecule has 1 rings (SSSR count). The van der Waals surface area contributed by atoms with Gasteiger partial charge in [-0.2, -0.15) is 0 Å². The Balaban J connectivity index is 2.74. The van der Waals surface area contributed by atoms with E-state index in [1.807, 2.05) is 6.92 Å². The molecule has 4 nitrogen and oxygen atoms in total. The van der Waals surface area contributed by atoms with Crippen molar-refractivity contribution < 1.29 is 19.7 Å². The molecule has 1 aromatic rings. The molecular weight excluding hydrogens is 196 g/mol. The molecule has 4 heteroatoms. The fraction of sp³-hybridized carbons (Fsp3) is 0.364. The Morgan fingerprint density at radius 2 is 2.20 bits per heavy atom. The molecular formula is C11H14O4. The molecule has 0 fully saturated rings. The van der Waals surface area contributed by atoms with Crippen LogP contribution in [0.1, 0.15) is 18.9 Å². The second kappa shape index (κ2) is 5.24. The molecule has 0 aliphatic heterocycles. The van der Waals surface area contributed by atoms with Gasteiger partial charge in [0, 0.05) is 11.6 Å². The lowest BCUT2D eigenvalue weighted by Gasteiger charge is -2.07. The van der Waals surface area contributed by atoms with Gasteiger partial charge in [-0.3, -0.25) is 4.79 Å². The summed E-state index contributed by atoms with van der Waals surface area (Å²) < 4.78 is 5.29. The maximum absolute atomic E-state index is 10.4. The number of ether oxygens (including phenoxy) is 1. The van der Waals surface area contributed by atoms with E-state index in [4.69, 9.17) is 9.84 Å². The Hall–Kier alpha value is -1.71. The average molecular weight is 210 g/mol. The average Bonchev–Trinajstić information content (AvgIpc) is 2.18. The van der Waals surface area contributed by atoms with Gasteiger partial charge in [0.05, 0.1) is 13.0 Å². The third-order valence-corrected chi connectivity index (χ3v) is 1.87. The van der Waals surface area contributed by atoms with E-state index >= 15 is 0 Å². The predicted octanol–water partition coefficient (Wildman–Crippen LogP) is 1.81. The quantitative estimate of drug-likeness (QED) is 0.777. The van der Waals surface area contributed by atoms with Gasteiger partial charge >= 0.3 is 5.97 Å². The highest BCUT2D eigenvalue weighted by atomic mass is 16.5. The van der Waals surface area contributed by atoms with Crippen LogP contribution in [-0.2, 0) is 11.2 Å². The Morgan fingerprint density at radius 3 is 2.73 bits per heavy atom. The number of carboxylic acid groups (broad SMARTS) is 1. The molecule has 0 spiro atoms. The summed E-state index contributed by atoms with van der Waals surface area (Å²) in [5, 5.41) is 18.1.